The van der Waals surface area contributed by atoms with Gasteiger partial charge in [-0.2, -0.15) is 0 Å². The van der Waals surface area contributed by atoms with Gasteiger partial charge >= 0.3 is 0 Å². The van der Waals surface area contributed by atoms with E-state index >= 15 is 0 Å². The highest BCUT2D eigenvalue weighted by atomic mass is 16.2. The van der Waals surface area contributed by atoms with Gasteiger partial charge in [-0.15, -0.1) is 0 Å². The van der Waals surface area contributed by atoms with Crippen molar-refractivity contribution < 1.29 is 9.90 Å². The van der Waals surface area contributed by atoms with Crippen LogP contribution in [0.25, 0.3) is 0 Å². The standard InChI is InChI=1S/C6H12O.C6H6.CH4O/c1-5(2)4-6(3)7;1-2-4-6-5-3-1;1-2/h5H,4H2,1-3H3;1-6H;2H,1H3. The Morgan fingerprint density at radius 2 is 1.27 bits per heavy atom. The molecule has 0 saturated heterocycles. The highest BCUT2D eigenvalue weighted by molar-refractivity contribution is 5.75. The monoisotopic (exact) mass is 210 g/mol. The van der Waals surface area contributed by atoms with Crippen molar-refractivity contribution in [3.8, 4) is 0 Å². The number of carbonyl (C=O) groups excluding carboxylic acids is 1. The van der Waals surface area contributed by atoms with Gasteiger partial charge in [-0.05, 0) is 12.8 Å². The third-order valence-electron chi connectivity index (χ3n) is 1.36. The first-order valence-electron chi connectivity index (χ1n) is 5.07. The molecule has 0 heterocycles. The maximum Gasteiger partial charge on any atom is 0.130 e. The molecule has 15 heavy (non-hydrogen) atoms. The molecule has 0 saturated carbocycles. The second kappa shape index (κ2) is 12.8. The minimum atomic E-state index is 0.287. The van der Waals surface area contributed by atoms with E-state index in [0.717, 1.165) is 13.5 Å². The summed E-state index contributed by atoms with van der Waals surface area (Å²) in [7, 11) is 1.00. The fourth-order valence-corrected chi connectivity index (χ4v) is 0.960. The van der Waals surface area contributed by atoms with Crippen LogP contribution in [-0.2, 0) is 4.79 Å². The van der Waals surface area contributed by atoms with Gasteiger partial charge in [-0.25, -0.2) is 0 Å². The number of aliphatic hydroxyl groups excluding tert-OH is 1. The molecule has 0 bridgehead atoms. The summed E-state index contributed by atoms with van der Waals surface area (Å²) in [6.07, 6.45) is 0.722. The summed E-state index contributed by atoms with van der Waals surface area (Å²) in [5.41, 5.74) is 0. The van der Waals surface area contributed by atoms with Gasteiger partial charge in [-0.1, -0.05) is 50.2 Å². The molecule has 0 unspecified atom stereocenters. The van der Waals surface area contributed by atoms with Crippen LogP contribution >= 0.6 is 0 Å². The molecule has 2 nitrogen and oxygen atoms in total. The maximum atomic E-state index is 10.3. The largest absolute Gasteiger partial charge is 0.400 e. The van der Waals surface area contributed by atoms with E-state index in [1.807, 2.05) is 50.2 Å². The number of aliphatic hydroxyl groups is 1. The molecule has 0 amide bonds. The molecule has 1 aromatic carbocycles. The number of rotatable bonds is 2. The maximum absolute atomic E-state index is 10.3. The summed E-state index contributed by atoms with van der Waals surface area (Å²) < 4.78 is 0. The summed E-state index contributed by atoms with van der Waals surface area (Å²) in [5, 5.41) is 7.00. The topological polar surface area (TPSA) is 37.3 Å². The van der Waals surface area contributed by atoms with Crippen LogP contribution in [0.15, 0.2) is 36.4 Å². The van der Waals surface area contributed by atoms with Crippen molar-refractivity contribution in [2.75, 3.05) is 7.11 Å². The number of Topliss-reactive ketones (excluding diaryl/α,β-unsaturated/α-hetero) is 1. The van der Waals surface area contributed by atoms with Crippen LogP contribution in [0.1, 0.15) is 27.2 Å². The molecule has 0 aliphatic heterocycles. The van der Waals surface area contributed by atoms with Crippen LogP contribution in [0.4, 0.5) is 0 Å². The first-order chi connectivity index (χ1) is 7.13. The lowest BCUT2D eigenvalue weighted by Crippen LogP contribution is -1.95. The summed E-state index contributed by atoms with van der Waals surface area (Å²) in [5.74, 6) is 0.813. The van der Waals surface area contributed by atoms with Crippen LogP contribution in [0.5, 0.6) is 0 Å². The molecule has 0 atom stereocenters. The zero-order valence-electron chi connectivity index (χ0n) is 10.1. The van der Waals surface area contributed by atoms with Gasteiger partial charge in [0.05, 0.1) is 0 Å². The first-order valence-corrected chi connectivity index (χ1v) is 5.07. The predicted octanol–water partition coefficient (Wildman–Crippen LogP) is 2.92. The average Bonchev–Trinajstić information content (AvgIpc) is 2.22. The highest BCUT2D eigenvalue weighted by Gasteiger charge is 1.95. The van der Waals surface area contributed by atoms with Crippen LogP contribution < -0.4 is 0 Å². The Kier molecular flexibility index (Phi) is 14.0. The number of carbonyl (C=O) groups is 1. The molecule has 0 aliphatic rings. The molecule has 1 N–H and O–H groups in total. The third kappa shape index (κ3) is 19.3. The SMILES string of the molecule is CC(=O)CC(C)C.CO.c1ccccc1. The predicted molar refractivity (Wildman–Crippen MR) is 64.7 cm³/mol. The Balaban J connectivity index is 0. The van der Waals surface area contributed by atoms with Crippen molar-refractivity contribution >= 4 is 5.78 Å². The number of hydrogen-bond acceptors (Lipinski definition) is 2. The van der Waals surface area contributed by atoms with E-state index in [1.165, 1.54) is 0 Å². The molecule has 2 heteroatoms. The normalized spacial score (nSPS) is 8.13. The van der Waals surface area contributed by atoms with Gasteiger partial charge in [0.15, 0.2) is 0 Å². The molecule has 0 aromatic heterocycles. The molecule has 1 rings (SSSR count). The zero-order valence-corrected chi connectivity index (χ0v) is 10.1. The molecule has 0 fully saturated rings. The van der Waals surface area contributed by atoms with E-state index in [0.29, 0.717) is 5.92 Å². The van der Waals surface area contributed by atoms with Crippen LogP contribution in [0.3, 0.4) is 0 Å². The zero-order chi connectivity index (χ0) is 12.1. The Bertz CT molecular complexity index is 191. The number of hydrogen-bond donors (Lipinski definition) is 1. The van der Waals surface area contributed by atoms with Crippen molar-refractivity contribution in [2.24, 2.45) is 5.92 Å². The lowest BCUT2D eigenvalue weighted by atomic mass is 10.1. The first kappa shape index (κ1) is 16.3. The molecule has 1 aromatic rings. The molecule has 0 spiro atoms. The van der Waals surface area contributed by atoms with E-state index in [4.69, 9.17) is 5.11 Å². The fourth-order valence-electron chi connectivity index (χ4n) is 0.960. The fraction of sp³-hybridized carbons (Fsp3) is 0.462. The second-order valence-corrected chi connectivity index (χ2v) is 3.45. The van der Waals surface area contributed by atoms with Gasteiger partial charge < -0.3 is 9.90 Å². The summed E-state index contributed by atoms with van der Waals surface area (Å²) >= 11 is 0. The van der Waals surface area contributed by atoms with Crippen molar-refractivity contribution in [1.29, 1.82) is 0 Å². The minimum Gasteiger partial charge on any atom is -0.400 e. The minimum absolute atomic E-state index is 0.287. The van der Waals surface area contributed by atoms with E-state index in [1.54, 1.807) is 6.92 Å². The number of ketones is 1. The smallest absolute Gasteiger partial charge is 0.130 e. The summed E-state index contributed by atoms with van der Waals surface area (Å²) in [6, 6.07) is 12.0. The van der Waals surface area contributed by atoms with E-state index in [2.05, 4.69) is 0 Å². The van der Waals surface area contributed by atoms with Crippen molar-refractivity contribution in [1.82, 2.24) is 0 Å². The van der Waals surface area contributed by atoms with Crippen molar-refractivity contribution in [2.45, 2.75) is 27.2 Å². The van der Waals surface area contributed by atoms with Crippen LogP contribution in [0.2, 0.25) is 0 Å². The number of benzene rings is 1. The van der Waals surface area contributed by atoms with Gasteiger partial charge in [0, 0.05) is 13.5 Å². The van der Waals surface area contributed by atoms with Crippen LogP contribution in [0, 0.1) is 5.92 Å². The quantitative estimate of drug-likeness (QED) is 0.815. The molecular formula is C13H22O2. The lowest BCUT2D eigenvalue weighted by molar-refractivity contribution is -0.117. The second-order valence-electron chi connectivity index (χ2n) is 3.45. The molecule has 86 valence electrons. The molecule has 0 radical (unpaired) electrons. The van der Waals surface area contributed by atoms with Gasteiger partial charge in [0.1, 0.15) is 5.78 Å². The Morgan fingerprint density at radius 3 is 1.33 bits per heavy atom. The van der Waals surface area contributed by atoms with E-state index in [9.17, 15) is 4.79 Å². The molecule has 0 aliphatic carbocycles. The highest BCUT2D eigenvalue weighted by Crippen LogP contribution is 1.97. The van der Waals surface area contributed by atoms with E-state index < -0.39 is 0 Å². The van der Waals surface area contributed by atoms with Gasteiger partial charge in [0.25, 0.3) is 0 Å². The summed E-state index contributed by atoms with van der Waals surface area (Å²) in [6.45, 7) is 5.71. The average molecular weight is 210 g/mol. The lowest BCUT2D eigenvalue weighted by Gasteiger charge is -1.95. The van der Waals surface area contributed by atoms with Gasteiger partial charge in [0.2, 0.25) is 0 Å². The Hall–Kier alpha value is -1.15. The van der Waals surface area contributed by atoms with Crippen LogP contribution in [-0.4, -0.2) is 18.0 Å². The third-order valence-corrected chi connectivity index (χ3v) is 1.36. The van der Waals surface area contributed by atoms with Gasteiger partial charge in [-0.3, -0.25) is 0 Å². The molecular weight excluding hydrogens is 188 g/mol. The Labute approximate surface area is 93.0 Å². The van der Waals surface area contributed by atoms with Crippen molar-refractivity contribution in [3.05, 3.63) is 36.4 Å². The van der Waals surface area contributed by atoms with Crippen molar-refractivity contribution in [3.63, 3.8) is 0 Å². The summed E-state index contributed by atoms with van der Waals surface area (Å²) in [4.78, 5) is 10.3. The Morgan fingerprint density at radius 1 is 1.00 bits per heavy atom. The van der Waals surface area contributed by atoms with E-state index in [-0.39, 0.29) is 5.78 Å².